The number of nitrogens with zero attached hydrogens (tertiary/aromatic N) is 5. The molecule has 3 heterocycles. The Balaban J connectivity index is 1.65. The molecule has 0 unspecified atom stereocenters. The lowest BCUT2D eigenvalue weighted by Gasteiger charge is -2.23. The predicted octanol–water partition coefficient (Wildman–Crippen LogP) is 1.86. The zero-order valence-electron chi connectivity index (χ0n) is 18.5. The lowest BCUT2D eigenvalue weighted by molar-refractivity contribution is 0.171. The van der Waals surface area contributed by atoms with Crippen molar-refractivity contribution in [2.24, 2.45) is 5.14 Å². The minimum Gasteiger partial charge on any atom is -0.486 e. The van der Waals surface area contributed by atoms with E-state index >= 15 is 0 Å². The van der Waals surface area contributed by atoms with Gasteiger partial charge in [-0.05, 0) is 24.6 Å². The van der Waals surface area contributed by atoms with Crippen molar-refractivity contribution in [1.82, 2.24) is 19.5 Å². The third-order valence-corrected chi connectivity index (χ3v) is 7.04. The number of imidazole rings is 1. The SMILES string of the molecule is CN(C)c1cc2c(cc1Sc1nc3c(N)ncnc3n1CCCCCS(N)(=O)=O)OCCO2. The summed E-state index contributed by atoms with van der Waals surface area (Å²) in [5.74, 6) is 1.69. The van der Waals surface area contributed by atoms with Gasteiger partial charge in [-0.3, -0.25) is 0 Å². The monoisotopic (exact) mass is 493 g/mol. The van der Waals surface area contributed by atoms with Gasteiger partial charge in [-0.1, -0.05) is 6.42 Å². The van der Waals surface area contributed by atoms with Crippen LogP contribution in [0.1, 0.15) is 19.3 Å². The Labute approximate surface area is 196 Å². The van der Waals surface area contributed by atoms with E-state index in [0.29, 0.717) is 66.2 Å². The van der Waals surface area contributed by atoms with Crippen molar-refractivity contribution in [2.75, 3.05) is 43.7 Å². The Bertz CT molecular complexity index is 1260. The molecule has 0 bridgehead atoms. The average Bonchev–Trinajstić information content (AvgIpc) is 3.10. The molecule has 0 aliphatic carbocycles. The summed E-state index contributed by atoms with van der Waals surface area (Å²) in [5, 5.41) is 5.81. The van der Waals surface area contributed by atoms with E-state index in [1.807, 2.05) is 35.7 Å². The molecule has 4 rings (SSSR count). The predicted molar refractivity (Wildman–Crippen MR) is 127 cm³/mol. The molecule has 3 aromatic rings. The first-order chi connectivity index (χ1) is 15.7. The fourth-order valence-corrected chi connectivity index (χ4v) is 5.29. The van der Waals surface area contributed by atoms with Crippen LogP contribution in [0.4, 0.5) is 11.5 Å². The fourth-order valence-electron chi connectivity index (χ4n) is 3.55. The fraction of sp³-hybridized carbons (Fsp3) is 0.450. The standard InChI is InChI=1S/C20H27N7O4S2/c1-26(2)13-10-14-15(31-8-7-30-14)11-16(13)32-20-25-17-18(21)23-12-24-19(17)27(20)6-4-3-5-9-33(22,28)29/h10-12H,3-9H2,1-2H3,(H2,21,23,24)(H2,22,28,29). The number of unbranched alkanes of at least 4 members (excludes halogenated alkanes) is 2. The number of hydrogen-bond acceptors (Lipinski definition) is 10. The molecular weight excluding hydrogens is 466 g/mol. The largest absolute Gasteiger partial charge is 0.486 e. The summed E-state index contributed by atoms with van der Waals surface area (Å²) in [4.78, 5) is 16.1. The molecule has 0 radical (unpaired) electrons. The summed E-state index contributed by atoms with van der Waals surface area (Å²) in [6.45, 7) is 1.62. The highest BCUT2D eigenvalue weighted by Crippen LogP contribution is 2.43. The van der Waals surface area contributed by atoms with E-state index in [1.165, 1.54) is 18.1 Å². The zero-order chi connectivity index (χ0) is 23.6. The molecule has 0 saturated carbocycles. The van der Waals surface area contributed by atoms with Gasteiger partial charge in [0, 0.05) is 37.7 Å². The summed E-state index contributed by atoms with van der Waals surface area (Å²) in [5.41, 5.74) is 8.21. The number of nitrogens with two attached hydrogens (primary N) is 2. The van der Waals surface area contributed by atoms with Gasteiger partial charge in [0.25, 0.3) is 0 Å². The van der Waals surface area contributed by atoms with Gasteiger partial charge in [-0.2, -0.15) is 0 Å². The van der Waals surface area contributed by atoms with E-state index in [9.17, 15) is 8.42 Å². The Hall–Kier alpha value is -2.77. The van der Waals surface area contributed by atoms with Crippen molar-refractivity contribution in [3.63, 3.8) is 0 Å². The van der Waals surface area contributed by atoms with Crippen LogP contribution in [0.25, 0.3) is 11.2 Å². The second-order valence-electron chi connectivity index (χ2n) is 7.86. The van der Waals surface area contributed by atoms with Crippen LogP contribution in [0.5, 0.6) is 11.5 Å². The van der Waals surface area contributed by atoms with Crippen LogP contribution in [0.3, 0.4) is 0 Å². The van der Waals surface area contributed by atoms with Crippen molar-refractivity contribution >= 4 is 44.5 Å². The van der Waals surface area contributed by atoms with Crippen molar-refractivity contribution in [3.05, 3.63) is 18.5 Å². The summed E-state index contributed by atoms with van der Waals surface area (Å²) in [7, 11) is 0.476. The number of anilines is 2. The second kappa shape index (κ2) is 9.61. The van der Waals surface area contributed by atoms with Crippen LogP contribution >= 0.6 is 11.8 Å². The quantitative estimate of drug-likeness (QED) is 0.422. The van der Waals surface area contributed by atoms with Crippen LogP contribution in [0.15, 0.2) is 28.5 Å². The number of aromatic nitrogens is 4. The summed E-state index contributed by atoms with van der Waals surface area (Å²) >= 11 is 1.48. The van der Waals surface area contributed by atoms with Gasteiger partial charge >= 0.3 is 0 Å². The molecule has 1 aromatic carbocycles. The highest BCUT2D eigenvalue weighted by atomic mass is 32.2. The molecule has 11 nitrogen and oxygen atoms in total. The van der Waals surface area contributed by atoms with E-state index < -0.39 is 10.0 Å². The van der Waals surface area contributed by atoms with Crippen molar-refractivity contribution in [2.45, 2.75) is 35.9 Å². The van der Waals surface area contributed by atoms with Crippen LogP contribution in [0.2, 0.25) is 0 Å². The van der Waals surface area contributed by atoms with Gasteiger partial charge in [-0.15, -0.1) is 0 Å². The Morgan fingerprint density at radius 1 is 1.12 bits per heavy atom. The van der Waals surface area contributed by atoms with Crippen LogP contribution in [-0.2, 0) is 16.6 Å². The molecule has 33 heavy (non-hydrogen) atoms. The number of aryl methyl sites for hydroxylation is 1. The number of hydrogen-bond donors (Lipinski definition) is 2. The zero-order valence-corrected chi connectivity index (χ0v) is 20.2. The average molecular weight is 494 g/mol. The highest BCUT2D eigenvalue weighted by Gasteiger charge is 2.21. The van der Waals surface area contributed by atoms with E-state index in [1.54, 1.807) is 0 Å². The molecule has 0 fully saturated rings. The lowest BCUT2D eigenvalue weighted by atomic mass is 10.2. The molecule has 4 N–H and O–H groups in total. The van der Waals surface area contributed by atoms with Crippen molar-refractivity contribution in [3.8, 4) is 11.5 Å². The molecular formula is C20H27N7O4S2. The minimum absolute atomic E-state index is 0.0300. The Kier molecular flexibility index (Phi) is 6.81. The Morgan fingerprint density at radius 3 is 2.55 bits per heavy atom. The first-order valence-corrected chi connectivity index (χ1v) is 13.0. The smallest absolute Gasteiger partial charge is 0.209 e. The summed E-state index contributed by atoms with van der Waals surface area (Å²) in [6.07, 6.45) is 3.35. The third kappa shape index (κ3) is 5.42. The van der Waals surface area contributed by atoms with Gasteiger partial charge in [-0.25, -0.2) is 28.5 Å². The minimum atomic E-state index is -3.46. The number of benzene rings is 1. The van der Waals surface area contributed by atoms with Crippen molar-refractivity contribution < 1.29 is 17.9 Å². The van der Waals surface area contributed by atoms with E-state index in [0.717, 1.165) is 17.0 Å². The summed E-state index contributed by atoms with van der Waals surface area (Å²) in [6, 6.07) is 3.92. The molecule has 0 spiro atoms. The van der Waals surface area contributed by atoms with Gasteiger partial charge < -0.3 is 24.7 Å². The first kappa shape index (κ1) is 23.4. The van der Waals surface area contributed by atoms with Crippen LogP contribution in [0, 0.1) is 0 Å². The maximum Gasteiger partial charge on any atom is 0.209 e. The van der Waals surface area contributed by atoms with Gasteiger partial charge in [0.2, 0.25) is 10.0 Å². The molecule has 178 valence electrons. The number of nitrogen functional groups attached to an aromatic ring is 1. The van der Waals surface area contributed by atoms with Gasteiger partial charge in [0.1, 0.15) is 19.5 Å². The lowest BCUT2D eigenvalue weighted by Crippen LogP contribution is -2.17. The van der Waals surface area contributed by atoms with E-state index in [-0.39, 0.29) is 5.75 Å². The number of sulfonamides is 1. The van der Waals surface area contributed by atoms with Gasteiger partial charge in [0.15, 0.2) is 33.6 Å². The third-order valence-electron chi connectivity index (χ3n) is 5.14. The number of fused-ring (bicyclic) bond motifs is 2. The van der Waals surface area contributed by atoms with E-state index in [4.69, 9.17) is 25.3 Å². The van der Waals surface area contributed by atoms with Crippen molar-refractivity contribution in [1.29, 1.82) is 0 Å². The maximum atomic E-state index is 11.2. The molecule has 1 aliphatic heterocycles. The van der Waals surface area contributed by atoms with Crippen LogP contribution < -0.4 is 25.2 Å². The molecule has 0 amide bonds. The topological polar surface area (TPSA) is 151 Å². The molecule has 1 aliphatic rings. The normalized spacial score (nSPS) is 13.4. The first-order valence-electron chi connectivity index (χ1n) is 10.5. The molecule has 13 heteroatoms. The highest BCUT2D eigenvalue weighted by molar-refractivity contribution is 7.99. The van der Waals surface area contributed by atoms with Crippen LogP contribution in [-0.4, -0.2) is 61.0 Å². The number of ether oxygens (including phenoxy) is 2. The maximum absolute atomic E-state index is 11.2. The molecule has 0 saturated heterocycles. The van der Waals surface area contributed by atoms with E-state index in [2.05, 4.69) is 9.97 Å². The second-order valence-corrected chi connectivity index (χ2v) is 10.6. The Morgan fingerprint density at radius 2 is 1.85 bits per heavy atom. The molecule has 2 aromatic heterocycles. The molecule has 0 atom stereocenters. The summed E-state index contributed by atoms with van der Waals surface area (Å²) < 4.78 is 35.9. The van der Waals surface area contributed by atoms with Gasteiger partial charge in [0.05, 0.1) is 11.4 Å². The number of primary sulfonamides is 1. The number of rotatable bonds is 9.